The fourth-order valence-electron chi connectivity index (χ4n) is 1.47. The van der Waals surface area contributed by atoms with Crippen molar-refractivity contribution in [3.8, 4) is 0 Å². The third kappa shape index (κ3) is 4.14. The molecule has 102 valence electrons. The molecule has 2 aromatic rings. The molecule has 1 N–H and O–H groups in total. The molecule has 0 saturated carbocycles. The van der Waals surface area contributed by atoms with Gasteiger partial charge in [0.2, 0.25) is 5.13 Å². The third-order valence-corrected chi connectivity index (χ3v) is 3.47. The number of nitrogens with one attached hydrogen (secondary N) is 1. The quantitative estimate of drug-likeness (QED) is 0.877. The Labute approximate surface area is 122 Å². The van der Waals surface area contributed by atoms with Gasteiger partial charge in [-0.25, -0.2) is 9.97 Å². The lowest BCUT2D eigenvalue weighted by Crippen LogP contribution is -2.13. The molecule has 2 rings (SSSR count). The Morgan fingerprint density at radius 1 is 1.32 bits per heavy atom. The van der Waals surface area contributed by atoms with Crippen molar-refractivity contribution in [1.29, 1.82) is 0 Å². The van der Waals surface area contributed by atoms with Crippen LogP contribution in [0, 0.1) is 0 Å². The van der Waals surface area contributed by atoms with E-state index in [9.17, 15) is 0 Å². The van der Waals surface area contributed by atoms with Crippen LogP contribution in [0.1, 0.15) is 32.2 Å². The van der Waals surface area contributed by atoms with Crippen LogP contribution in [-0.4, -0.2) is 20.9 Å². The van der Waals surface area contributed by atoms with Gasteiger partial charge in [-0.2, -0.15) is 4.37 Å². The molecule has 0 saturated heterocycles. The van der Waals surface area contributed by atoms with Gasteiger partial charge in [0.15, 0.2) is 0 Å². The largest absolute Gasteiger partial charge is 0.360 e. The first-order chi connectivity index (χ1) is 8.95. The van der Waals surface area contributed by atoms with Gasteiger partial charge in [-0.05, 0) is 18.1 Å². The van der Waals surface area contributed by atoms with E-state index in [-0.39, 0.29) is 5.41 Å². The Hall–Kier alpha value is -1.20. The van der Waals surface area contributed by atoms with Crippen LogP contribution in [0.2, 0.25) is 5.15 Å². The van der Waals surface area contributed by atoms with Crippen LogP contribution in [0.15, 0.2) is 18.3 Å². The molecule has 0 aromatic carbocycles. The summed E-state index contributed by atoms with van der Waals surface area (Å²) in [6, 6.07) is 3.79. The highest BCUT2D eigenvalue weighted by molar-refractivity contribution is 7.09. The Kier molecular flexibility index (Phi) is 4.37. The monoisotopic (exact) mass is 296 g/mol. The highest BCUT2D eigenvalue weighted by atomic mass is 35.5. The molecule has 0 fully saturated rings. The molecule has 0 unspecified atom stereocenters. The normalized spacial score (nSPS) is 11.6. The predicted octanol–water partition coefficient (Wildman–Crippen LogP) is 3.54. The molecule has 0 aliphatic rings. The maximum Gasteiger partial charge on any atom is 0.202 e. The summed E-state index contributed by atoms with van der Waals surface area (Å²) < 4.78 is 4.36. The van der Waals surface area contributed by atoms with E-state index in [1.807, 2.05) is 6.07 Å². The zero-order valence-electron chi connectivity index (χ0n) is 11.3. The smallest absolute Gasteiger partial charge is 0.202 e. The summed E-state index contributed by atoms with van der Waals surface area (Å²) in [7, 11) is 0. The van der Waals surface area contributed by atoms with Gasteiger partial charge >= 0.3 is 0 Å². The van der Waals surface area contributed by atoms with Crippen LogP contribution in [0.4, 0.5) is 5.13 Å². The number of rotatable bonds is 4. The van der Waals surface area contributed by atoms with E-state index in [1.165, 1.54) is 11.5 Å². The van der Waals surface area contributed by atoms with Gasteiger partial charge in [-0.15, -0.1) is 0 Å². The molecule has 19 heavy (non-hydrogen) atoms. The van der Waals surface area contributed by atoms with E-state index >= 15 is 0 Å². The Balaban J connectivity index is 1.86. The topological polar surface area (TPSA) is 50.7 Å². The molecule has 4 nitrogen and oxygen atoms in total. The summed E-state index contributed by atoms with van der Waals surface area (Å²) in [6.45, 7) is 7.14. The van der Waals surface area contributed by atoms with Crippen molar-refractivity contribution in [2.75, 3.05) is 11.9 Å². The fourth-order valence-corrected chi connectivity index (χ4v) is 2.36. The van der Waals surface area contributed by atoms with Gasteiger partial charge in [-0.1, -0.05) is 38.4 Å². The Bertz CT molecular complexity index is 530. The molecular formula is C13H17ClN4S. The van der Waals surface area contributed by atoms with Crippen molar-refractivity contribution in [2.45, 2.75) is 32.6 Å². The lowest BCUT2D eigenvalue weighted by Gasteiger charge is -2.12. The van der Waals surface area contributed by atoms with Crippen LogP contribution in [-0.2, 0) is 11.8 Å². The third-order valence-electron chi connectivity index (χ3n) is 2.58. The highest BCUT2D eigenvalue weighted by Crippen LogP contribution is 2.22. The minimum absolute atomic E-state index is 0.00344. The summed E-state index contributed by atoms with van der Waals surface area (Å²) in [4.78, 5) is 8.54. The van der Waals surface area contributed by atoms with Gasteiger partial charge in [0.05, 0.1) is 0 Å². The molecular weight excluding hydrogens is 280 g/mol. The molecule has 0 bridgehead atoms. The number of nitrogens with zero attached hydrogens (tertiary/aromatic N) is 3. The van der Waals surface area contributed by atoms with Crippen molar-refractivity contribution < 1.29 is 0 Å². The van der Waals surface area contributed by atoms with E-state index in [0.29, 0.717) is 5.15 Å². The summed E-state index contributed by atoms with van der Waals surface area (Å²) in [6.07, 6.45) is 2.68. The van der Waals surface area contributed by atoms with E-state index in [2.05, 4.69) is 40.4 Å². The molecule has 0 atom stereocenters. The van der Waals surface area contributed by atoms with Crippen LogP contribution in [0.25, 0.3) is 0 Å². The number of halogens is 1. The number of aromatic nitrogens is 3. The first kappa shape index (κ1) is 14.2. The first-order valence-corrected chi connectivity index (χ1v) is 7.29. The van der Waals surface area contributed by atoms with Crippen molar-refractivity contribution in [2.24, 2.45) is 0 Å². The number of hydrogen-bond acceptors (Lipinski definition) is 5. The zero-order chi connectivity index (χ0) is 13.9. The van der Waals surface area contributed by atoms with E-state index in [0.717, 1.165) is 29.5 Å². The molecule has 6 heteroatoms. The average Bonchev–Trinajstić information content (AvgIpc) is 2.80. The molecule has 2 heterocycles. The summed E-state index contributed by atoms with van der Waals surface area (Å²) in [5.41, 5.74) is 1.15. The SMILES string of the molecule is CC(C)(C)c1nsc(NCCc2ccc(Cl)nc2)n1. The van der Waals surface area contributed by atoms with Crippen LogP contribution < -0.4 is 5.32 Å². The lowest BCUT2D eigenvalue weighted by atomic mass is 9.96. The standard InChI is InChI=1S/C13H17ClN4S/c1-13(2,3)11-17-12(19-18-11)15-7-6-9-4-5-10(14)16-8-9/h4-5,8H,6-7H2,1-3H3,(H,15,17,18). The zero-order valence-corrected chi connectivity index (χ0v) is 12.8. The minimum atomic E-state index is -0.00344. The summed E-state index contributed by atoms with van der Waals surface area (Å²) >= 11 is 7.15. The molecule has 2 aromatic heterocycles. The summed E-state index contributed by atoms with van der Waals surface area (Å²) in [5, 5.41) is 4.68. The minimum Gasteiger partial charge on any atom is -0.360 e. The maximum absolute atomic E-state index is 5.74. The second-order valence-corrected chi connectivity index (χ2v) is 6.48. The van der Waals surface area contributed by atoms with E-state index in [4.69, 9.17) is 11.6 Å². The fraction of sp³-hybridized carbons (Fsp3) is 0.462. The number of anilines is 1. The van der Waals surface area contributed by atoms with Crippen LogP contribution >= 0.6 is 23.1 Å². The second kappa shape index (κ2) is 5.84. The number of hydrogen-bond donors (Lipinski definition) is 1. The molecule has 0 amide bonds. The second-order valence-electron chi connectivity index (χ2n) is 5.34. The van der Waals surface area contributed by atoms with E-state index < -0.39 is 0 Å². The lowest BCUT2D eigenvalue weighted by molar-refractivity contribution is 0.555. The van der Waals surface area contributed by atoms with Crippen molar-refractivity contribution in [3.05, 3.63) is 34.9 Å². The van der Waals surface area contributed by atoms with Crippen molar-refractivity contribution >= 4 is 28.3 Å². The summed E-state index contributed by atoms with van der Waals surface area (Å²) in [5.74, 6) is 0.883. The average molecular weight is 297 g/mol. The Morgan fingerprint density at radius 2 is 2.11 bits per heavy atom. The van der Waals surface area contributed by atoms with E-state index in [1.54, 1.807) is 12.3 Å². The van der Waals surface area contributed by atoms with Gasteiger partial charge in [0.1, 0.15) is 11.0 Å². The van der Waals surface area contributed by atoms with Gasteiger partial charge in [0.25, 0.3) is 0 Å². The molecule has 0 spiro atoms. The number of pyridine rings is 1. The van der Waals surface area contributed by atoms with Crippen LogP contribution in [0.3, 0.4) is 0 Å². The van der Waals surface area contributed by atoms with Crippen molar-refractivity contribution in [1.82, 2.24) is 14.3 Å². The first-order valence-electron chi connectivity index (χ1n) is 6.13. The van der Waals surface area contributed by atoms with Gasteiger partial charge in [-0.3, -0.25) is 0 Å². The molecule has 0 aliphatic heterocycles. The predicted molar refractivity (Wildman–Crippen MR) is 80.0 cm³/mol. The maximum atomic E-state index is 5.74. The van der Waals surface area contributed by atoms with Crippen LogP contribution in [0.5, 0.6) is 0 Å². The highest BCUT2D eigenvalue weighted by Gasteiger charge is 2.19. The van der Waals surface area contributed by atoms with Gasteiger partial charge < -0.3 is 5.32 Å². The molecule has 0 aliphatic carbocycles. The van der Waals surface area contributed by atoms with Gasteiger partial charge in [0, 0.05) is 29.7 Å². The Morgan fingerprint density at radius 3 is 2.68 bits per heavy atom. The molecule has 0 radical (unpaired) electrons. The van der Waals surface area contributed by atoms with Crippen molar-refractivity contribution in [3.63, 3.8) is 0 Å².